The van der Waals surface area contributed by atoms with Crippen LogP contribution < -0.4 is 5.73 Å². The minimum absolute atomic E-state index is 0.266. The van der Waals surface area contributed by atoms with Crippen LogP contribution in [0.4, 0.5) is 0 Å². The summed E-state index contributed by atoms with van der Waals surface area (Å²) in [5.41, 5.74) is 7.28. The van der Waals surface area contributed by atoms with Gasteiger partial charge in [-0.2, -0.15) is 0 Å². The van der Waals surface area contributed by atoms with Gasteiger partial charge in [0, 0.05) is 30.4 Å². The molecule has 1 aromatic rings. The molecule has 15 heavy (non-hydrogen) atoms. The van der Waals surface area contributed by atoms with Crippen LogP contribution in [0.15, 0.2) is 18.3 Å². The first-order valence-corrected chi connectivity index (χ1v) is 6.18. The van der Waals surface area contributed by atoms with Gasteiger partial charge in [-0.3, -0.25) is 0 Å². The SMILES string of the molecule is CC(N)Cc1cccn1C1CCCCC1. The Labute approximate surface area is 92.5 Å². The molecule has 1 atom stereocenters. The molecule has 2 heteroatoms. The maximum Gasteiger partial charge on any atom is 0.0333 e. The molecule has 0 bridgehead atoms. The average Bonchev–Trinajstić information content (AvgIpc) is 2.66. The van der Waals surface area contributed by atoms with Crippen molar-refractivity contribution in [2.24, 2.45) is 5.73 Å². The van der Waals surface area contributed by atoms with Gasteiger partial charge in [-0.1, -0.05) is 19.3 Å². The van der Waals surface area contributed by atoms with E-state index < -0.39 is 0 Å². The highest BCUT2D eigenvalue weighted by Crippen LogP contribution is 2.29. The van der Waals surface area contributed by atoms with Crippen LogP contribution in [0.3, 0.4) is 0 Å². The predicted octanol–water partition coefficient (Wildman–Crippen LogP) is 2.88. The topological polar surface area (TPSA) is 30.9 Å². The van der Waals surface area contributed by atoms with Crippen LogP contribution in [0.25, 0.3) is 0 Å². The standard InChI is InChI=1S/C13H22N2/c1-11(14)10-13-8-5-9-15(13)12-6-3-2-4-7-12/h5,8-9,11-12H,2-4,6-7,10,14H2,1H3. The van der Waals surface area contributed by atoms with E-state index in [9.17, 15) is 0 Å². The Morgan fingerprint density at radius 1 is 1.40 bits per heavy atom. The number of nitrogens with zero attached hydrogens (tertiary/aromatic N) is 1. The van der Waals surface area contributed by atoms with Gasteiger partial charge in [-0.05, 0) is 31.9 Å². The lowest BCUT2D eigenvalue weighted by molar-refractivity contribution is 0.346. The second-order valence-corrected chi connectivity index (χ2v) is 4.88. The fraction of sp³-hybridized carbons (Fsp3) is 0.692. The molecule has 1 fully saturated rings. The first-order chi connectivity index (χ1) is 7.27. The lowest BCUT2D eigenvalue weighted by atomic mass is 9.95. The Morgan fingerprint density at radius 3 is 2.80 bits per heavy atom. The van der Waals surface area contributed by atoms with Gasteiger partial charge in [0.25, 0.3) is 0 Å². The molecule has 0 saturated heterocycles. The highest BCUT2D eigenvalue weighted by Gasteiger charge is 2.16. The first-order valence-electron chi connectivity index (χ1n) is 6.18. The molecule has 0 amide bonds. The molecule has 1 unspecified atom stereocenters. The second-order valence-electron chi connectivity index (χ2n) is 4.88. The summed E-state index contributed by atoms with van der Waals surface area (Å²) in [5.74, 6) is 0. The summed E-state index contributed by atoms with van der Waals surface area (Å²) < 4.78 is 2.46. The molecule has 1 aliphatic carbocycles. The zero-order valence-electron chi connectivity index (χ0n) is 9.65. The third-order valence-electron chi connectivity index (χ3n) is 3.37. The molecule has 2 nitrogen and oxygen atoms in total. The lowest BCUT2D eigenvalue weighted by Crippen LogP contribution is -2.22. The first kappa shape index (κ1) is 10.7. The van der Waals surface area contributed by atoms with Gasteiger partial charge in [-0.15, -0.1) is 0 Å². The summed E-state index contributed by atoms with van der Waals surface area (Å²) in [6.07, 6.45) is 10.1. The summed E-state index contributed by atoms with van der Waals surface area (Å²) >= 11 is 0. The molecular weight excluding hydrogens is 184 g/mol. The van der Waals surface area contributed by atoms with E-state index in [0.717, 1.165) is 12.5 Å². The van der Waals surface area contributed by atoms with Crippen molar-refractivity contribution < 1.29 is 0 Å². The maximum absolute atomic E-state index is 5.87. The second kappa shape index (κ2) is 4.84. The van der Waals surface area contributed by atoms with Crippen molar-refractivity contribution in [3.05, 3.63) is 24.0 Å². The maximum atomic E-state index is 5.87. The molecule has 1 heterocycles. The molecule has 1 aliphatic rings. The van der Waals surface area contributed by atoms with Crippen LogP contribution in [-0.4, -0.2) is 10.6 Å². The smallest absolute Gasteiger partial charge is 0.0333 e. The van der Waals surface area contributed by atoms with E-state index in [1.54, 1.807) is 0 Å². The Balaban J connectivity index is 2.09. The minimum Gasteiger partial charge on any atom is -0.348 e. The van der Waals surface area contributed by atoms with Crippen molar-refractivity contribution in [1.82, 2.24) is 4.57 Å². The van der Waals surface area contributed by atoms with Crippen LogP contribution in [0.1, 0.15) is 50.8 Å². The third kappa shape index (κ3) is 2.63. The van der Waals surface area contributed by atoms with E-state index in [4.69, 9.17) is 5.73 Å². The van der Waals surface area contributed by atoms with E-state index >= 15 is 0 Å². The van der Waals surface area contributed by atoms with Crippen LogP contribution in [0.2, 0.25) is 0 Å². The van der Waals surface area contributed by atoms with Gasteiger partial charge < -0.3 is 10.3 Å². The van der Waals surface area contributed by atoms with Crippen molar-refractivity contribution >= 4 is 0 Å². The highest BCUT2D eigenvalue weighted by molar-refractivity contribution is 5.10. The van der Waals surface area contributed by atoms with Gasteiger partial charge in [-0.25, -0.2) is 0 Å². The fourth-order valence-corrected chi connectivity index (χ4v) is 2.65. The highest BCUT2D eigenvalue weighted by atomic mass is 15.0. The van der Waals surface area contributed by atoms with E-state index in [-0.39, 0.29) is 6.04 Å². The summed E-state index contributed by atoms with van der Waals surface area (Å²) in [6.45, 7) is 2.08. The van der Waals surface area contributed by atoms with Gasteiger partial charge in [0.2, 0.25) is 0 Å². The molecule has 1 saturated carbocycles. The largest absolute Gasteiger partial charge is 0.348 e. The molecule has 2 N–H and O–H groups in total. The molecule has 1 aromatic heterocycles. The molecule has 0 spiro atoms. The molecule has 0 aromatic carbocycles. The summed E-state index contributed by atoms with van der Waals surface area (Å²) in [4.78, 5) is 0. The van der Waals surface area contributed by atoms with Gasteiger partial charge in [0.05, 0.1) is 0 Å². The number of hydrogen-bond acceptors (Lipinski definition) is 1. The van der Waals surface area contributed by atoms with Crippen molar-refractivity contribution in [2.75, 3.05) is 0 Å². The fourth-order valence-electron chi connectivity index (χ4n) is 2.65. The molecule has 2 rings (SSSR count). The lowest BCUT2D eigenvalue weighted by Gasteiger charge is -2.26. The molecular formula is C13H22N2. The van der Waals surface area contributed by atoms with Crippen LogP contribution >= 0.6 is 0 Å². The van der Waals surface area contributed by atoms with Gasteiger partial charge in [0.1, 0.15) is 0 Å². The molecule has 0 aliphatic heterocycles. The Kier molecular flexibility index (Phi) is 3.47. The monoisotopic (exact) mass is 206 g/mol. The normalized spacial score (nSPS) is 20.4. The van der Waals surface area contributed by atoms with Crippen molar-refractivity contribution in [2.45, 2.75) is 57.5 Å². The number of rotatable bonds is 3. The van der Waals surface area contributed by atoms with E-state index in [1.165, 1.54) is 37.8 Å². The predicted molar refractivity (Wildman–Crippen MR) is 63.9 cm³/mol. The van der Waals surface area contributed by atoms with Gasteiger partial charge >= 0.3 is 0 Å². The number of hydrogen-bond donors (Lipinski definition) is 1. The Morgan fingerprint density at radius 2 is 2.13 bits per heavy atom. The molecule has 0 radical (unpaired) electrons. The van der Waals surface area contributed by atoms with Crippen molar-refractivity contribution in [3.8, 4) is 0 Å². The van der Waals surface area contributed by atoms with Crippen molar-refractivity contribution in [3.63, 3.8) is 0 Å². The summed E-state index contributed by atoms with van der Waals surface area (Å²) in [6, 6.07) is 5.38. The molecule has 84 valence electrons. The number of aromatic nitrogens is 1. The zero-order chi connectivity index (χ0) is 10.7. The van der Waals surface area contributed by atoms with Crippen LogP contribution in [0, 0.1) is 0 Å². The quantitative estimate of drug-likeness (QED) is 0.810. The minimum atomic E-state index is 0.266. The third-order valence-corrected chi connectivity index (χ3v) is 3.37. The summed E-state index contributed by atoms with van der Waals surface area (Å²) in [7, 11) is 0. The van der Waals surface area contributed by atoms with Crippen LogP contribution in [0.5, 0.6) is 0 Å². The van der Waals surface area contributed by atoms with E-state index in [1.807, 2.05) is 0 Å². The number of nitrogens with two attached hydrogens (primary N) is 1. The zero-order valence-corrected chi connectivity index (χ0v) is 9.65. The Bertz CT molecular complexity index is 295. The van der Waals surface area contributed by atoms with E-state index in [2.05, 4.69) is 29.8 Å². The summed E-state index contributed by atoms with van der Waals surface area (Å²) in [5, 5.41) is 0. The van der Waals surface area contributed by atoms with Crippen molar-refractivity contribution in [1.29, 1.82) is 0 Å². The van der Waals surface area contributed by atoms with E-state index in [0.29, 0.717) is 0 Å². The van der Waals surface area contributed by atoms with Gasteiger partial charge in [0.15, 0.2) is 0 Å². The van der Waals surface area contributed by atoms with Crippen LogP contribution in [-0.2, 0) is 6.42 Å². The Hall–Kier alpha value is -0.760. The average molecular weight is 206 g/mol.